The van der Waals surface area contributed by atoms with E-state index in [0.29, 0.717) is 18.5 Å². The van der Waals surface area contributed by atoms with Crippen LogP contribution in [0.1, 0.15) is 24.0 Å². The van der Waals surface area contributed by atoms with Gasteiger partial charge in [-0.3, -0.25) is 4.79 Å². The number of carbonyl (C=O) groups is 1. The second-order valence-corrected chi connectivity index (χ2v) is 4.31. The van der Waals surface area contributed by atoms with Crippen LogP contribution in [0.5, 0.6) is 0 Å². The monoisotopic (exact) mass is 270 g/mol. The van der Waals surface area contributed by atoms with Gasteiger partial charge in [0.05, 0.1) is 0 Å². The Morgan fingerprint density at radius 2 is 2.16 bits per heavy atom. The second kappa shape index (κ2) is 5.44. The Morgan fingerprint density at radius 3 is 2.79 bits per heavy atom. The normalized spacial score (nSPS) is 19.4. The van der Waals surface area contributed by atoms with Gasteiger partial charge in [0.25, 0.3) is 6.43 Å². The van der Waals surface area contributed by atoms with Crippen molar-refractivity contribution in [3.05, 3.63) is 41.2 Å². The van der Waals surface area contributed by atoms with Gasteiger partial charge in [0.2, 0.25) is 5.91 Å². The van der Waals surface area contributed by atoms with Crippen LogP contribution in [0.15, 0.2) is 24.3 Å². The van der Waals surface area contributed by atoms with Gasteiger partial charge < -0.3 is 11.1 Å². The molecule has 1 aliphatic heterocycles. The first-order valence-corrected chi connectivity index (χ1v) is 5.80. The number of amides is 1. The molecule has 0 aliphatic carbocycles. The maximum Gasteiger partial charge on any atom is 0.264 e. The van der Waals surface area contributed by atoms with Gasteiger partial charge in [-0.25, -0.2) is 13.2 Å². The van der Waals surface area contributed by atoms with Crippen molar-refractivity contribution in [2.45, 2.75) is 18.9 Å². The zero-order valence-corrected chi connectivity index (χ0v) is 10.00. The maximum absolute atomic E-state index is 13.0. The van der Waals surface area contributed by atoms with Crippen LogP contribution in [0.25, 0.3) is 5.57 Å². The summed E-state index contributed by atoms with van der Waals surface area (Å²) >= 11 is 0. The van der Waals surface area contributed by atoms with Crippen molar-refractivity contribution in [3.8, 4) is 0 Å². The summed E-state index contributed by atoms with van der Waals surface area (Å²) in [7, 11) is 0. The first-order chi connectivity index (χ1) is 8.99. The molecule has 1 aromatic rings. The molecule has 0 fully saturated rings. The molecule has 102 valence electrons. The molecule has 0 radical (unpaired) electrons. The minimum Gasteiger partial charge on any atom is -0.368 e. The summed E-state index contributed by atoms with van der Waals surface area (Å²) in [6.07, 6.45) is -0.770. The fourth-order valence-electron chi connectivity index (χ4n) is 2.12. The van der Waals surface area contributed by atoms with E-state index in [2.05, 4.69) is 5.32 Å². The van der Waals surface area contributed by atoms with E-state index in [4.69, 9.17) is 5.73 Å². The first-order valence-electron chi connectivity index (χ1n) is 5.80. The third kappa shape index (κ3) is 2.96. The standard InChI is InChI=1S/C13H13F3N2O/c14-8-1-2-9(10(6-8)12(15)16)7-3-4-18-11(5-7)13(17)19/h1-2,5-6,11-12,18H,3-4H2,(H2,17,19). The Kier molecular flexibility index (Phi) is 3.90. The topological polar surface area (TPSA) is 55.1 Å². The molecule has 0 bridgehead atoms. The largest absolute Gasteiger partial charge is 0.368 e. The molecular formula is C13H13F3N2O. The van der Waals surface area contributed by atoms with Crippen LogP contribution in [0.4, 0.5) is 13.2 Å². The number of alkyl halides is 2. The zero-order chi connectivity index (χ0) is 14.0. The third-order valence-corrected chi connectivity index (χ3v) is 3.03. The fraction of sp³-hybridized carbons (Fsp3) is 0.308. The Bertz CT molecular complexity index is 529. The van der Waals surface area contributed by atoms with Crippen molar-refractivity contribution in [2.24, 2.45) is 5.73 Å². The van der Waals surface area contributed by atoms with Crippen LogP contribution < -0.4 is 11.1 Å². The Balaban J connectivity index is 2.43. The lowest BCUT2D eigenvalue weighted by atomic mass is 9.93. The summed E-state index contributed by atoms with van der Waals surface area (Å²) in [4.78, 5) is 11.1. The lowest BCUT2D eigenvalue weighted by Crippen LogP contribution is -2.42. The molecule has 0 saturated heterocycles. The van der Waals surface area contributed by atoms with E-state index >= 15 is 0 Å². The van der Waals surface area contributed by atoms with Crippen LogP contribution in [0.3, 0.4) is 0 Å². The molecule has 3 nitrogen and oxygen atoms in total. The van der Waals surface area contributed by atoms with Crippen molar-refractivity contribution in [1.29, 1.82) is 0 Å². The second-order valence-electron chi connectivity index (χ2n) is 4.31. The van der Waals surface area contributed by atoms with E-state index in [0.717, 1.165) is 12.1 Å². The van der Waals surface area contributed by atoms with E-state index in [9.17, 15) is 18.0 Å². The molecule has 0 aromatic heterocycles. The van der Waals surface area contributed by atoms with Crippen molar-refractivity contribution in [1.82, 2.24) is 5.32 Å². The molecule has 19 heavy (non-hydrogen) atoms. The molecule has 1 unspecified atom stereocenters. The predicted molar refractivity (Wildman–Crippen MR) is 64.9 cm³/mol. The van der Waals surface area contributed by atoms with Gasteiger partial charge in [-0.15, -0.1) is 0 Å². The van der Waals surface area contributed by atoms with Gasteiger partial charge in [-0.2, -0.15) is 0 Å². The highest BCUT2D eigenvalue weighted by Gasteiger charge is 2.22. The van der Waals surface area contributed by atoms with Crippen LogP contribution in [-0.4, -0.2) is 18.5 Å². The van der Waals surface area contributed by atoms with Crippen LogP contribution >= 0.6 is 0 Å². The number of hydrogen-bond donors (Lipinski definition) is 2. The summed E-state index contributed by atoms with van der Waals surface area (Å²) in [5, 5.41) is 2.87. The fourth-order valence-corrected chi connectivity index (χ4v) is 2.12. The third-order valence-electron chi connectivity index (χ3n) is 3.03. The van der Waals surface area contributed by atoms with Gasteiger partial charge >= 0.3 is 0 Å². The number of carbonyl (C=O) groups excluding carboxylic acids is 1. The number of nitrogens with one attached hydrogen (secondary N) is 1. The van der Waals surface area contributed by atoms with Crippen LogP contribution in [0.2, 0.25) is 0 Å². The summed E-state index contributed by atoms with van der Waals surface area (Å²) in [5.74, 6) is -1.28. The van der Waals surface area contributed by atoms with E-state index in [1.165, 1.54) is 12.1 Å². The number of hydrogen-bond acceptors (Lipinski definition) is 2. The lowest BCUT2D eigenvalue weighted by Gasteiger charge is -2.22. The van der Waals surface area contributed by atoms with E-state index in [1.54, 1.807) is 0 Å². The minimum atomic E-state index is -2.77. The van der Waals surface area contributed by atoms with Crippen LogP contribution in [0, 0.1) is 5.82 Å². The number of halogens is 3. The average molecular weight is 270 g/mol. The first kappa shape index (κ1) is 13.6. The Hall–Kier alpha value is -1.82. The number of nitrogens with two attached hydrogens (primary N) is 1. The predicted octanol–water partition coefficient (Wildman–Crippen LogP) is 1.99. The highest BCUT2D eigenvalue weighted by molar-refractivity contribution is 5.85. The molecule has 1 heterocycles. The number of benzene rings is 1. The SMILES string of the molecule is NC(=O)C1C=C(c2ccc(F)cc2C(F)F)CCN1. The molecule has 3 N–H and O–H groups in total. The molecule has 1 amide bonds. The highest BCUT2D eigenvalue weighted by Crippen LogP contribution is 2.31. The Morgan fingerprint density at radius 1 is 1.42 bits per heavy atom. The molecule has 6 heteroatoms. The Labute approximate surface area is 108 Å². The summed E-state index contributed by atoms with van der Waals surface area (Å²) in [6.45, 7) is 0.458. The summed E-state index contributed by atoms with van der Waals surface area (Å²) in [5.41, 5.74) is 5.66. The molecule has 1 aliphatic rings. The summed E-state index contributed by atoms with van der Waals surface area (Å²) < 4.78 is 38.9. The van der Waals surface area contributed by atoms with Crippen molar-refractivity contribution >= 4 is 11.5 Å². The number of primary amides is 1. The average Bonchev–Trinajstić information content (AvgIpc) is 2.38. The smallest absolute Gasteiger partial charge is 0.264 e. The quantitative estimate of drug-likeness (QED) is 0.882. The van der Waals surface area contributed by atoms with Crippen molar-refractivity contribution < 1.29 is 18.0 Å². The minimum absolute atomic E-state index is 0.268. The van der Waals surface area contributed by atoms with Crippen molar-refractivity contribution in [3.63, 3.8) is 0 Å². The van der Waals surface area contributed by atoms with Gasteiger partial charge in [-0.1, -0.05) is 12.1 Å². The van der Waals surface area contributed by atoms with Gasteiger partial charge in [0.15, 0.2) is 0 Å². The molecule has 1 atom stereocenters. The molecule has 0 saturated carbocycles. The highest BCUT2D eigenvalue weighted by atomic mass is 19.3. The van der Waals surface area contributed by atoms with Gasteiger partial charge in [0.1, 0.15) is 11.9 Å². The zero-order valence-electron chi connectivity index (χ0n) is 10.00. The van der Waals surface area contributed by atoms with Gasteiger partial charge in [0, 0.05) is 12.1 Å². The molecule has 0 spiro atoms. The number of rotatable bonds is 3. The van der Waals surface area contributed by atoms with E-state index < -0.39 is 24.2 Å². The molecule has 2 rings (SSSR count). The molecule has 1 aromatic carbocycles. The van der Waals surface area contributed by atoms with E-state index in [-0.39, 0.29) is 11.1 Å². The van der Waals surface area contributed by atoms with E-state index in [1.807, 2.05) is 0 Å². The lowest BCUT2D eigenvalue weighted by molar-refractivity contribution is -0.119. The molecular weight excluding hydrogens is 257 g/mol. The van der Waals surface area contributed by atoms with Crippen LogP contribution in [-0.2, 0) is 4.79 Å². The summed E-state index contributed by atoms with van der Waals surface area (Å²) in [6, 6.07) is 2.58. The maximum atomic E-state index is 13.0. The van der Waals surface area contributed by atoms with Crippen molar-refractivity contribution in [2.75, 3.05) is 6.54 Å². The van der Waals surface area contributed by atoms with Gasteiger partial charge in [-0.05, 0) is 29.7 Å².